The molecule has 2 rings (SSSR count). The monoisotopic (exact) mass is 165 g/mol. The number of rotatable bonds is 2. The molecule has 1 N–H and O–H groups in total. The van der Waals surface area contributed by atoms with Crippen LogP contribution in [-0.2, 0) is 0 Å². The molecule has 0 unspecified atom stereocenters. The summed E-state index contributed by atoms with van der Waals surface area (Å²) in [7, 11) is 0. The molecule has 2 heterocycles. The third kappa shape index (κ3) is 1.54. The third-order valence-corrected chi connectivity index (χ3v) is 3.76. The van der Waals surface area contributed by atoms with E-state index in [-0.39, 0.29) is 0 Å². The first-order chi connectivity index (χ1) is 5.92. The maximum absolute atomic E-state index is 3.69. The Labute approximate surface area is 76.4 Å². The van der Waals surface area contributed by atoms with Crippen LogP contribution in [0.4, 0.5) is 0 Å². The zero-order valence-electron chi connectivity index (χ0n) is 8.18. The predicted octanol–water partition coefficient (Wildman–Crippen LogP) is 2.70. The lowest BCUT2D eigenvalue weighted by atomic mass is 9.35. The molecule has 2 aliphatic rings. The van der Waals surface area contributed by atoms with E-state index in [4.69, 9.17) is 0 Å². The molecule has 0 spiro atoms. The molecule has 0 aliphatic carbocycles. The molecule has 2 heteroatoms. The molecule has 0 radical (unpaired) electrons. The standard InChI is InChI=1S/C10H20BN/c1-2-12-11-9-5-3-6-10(11)8-4-7-9/h9-10,12H,2-8H2,1H3. The van der Waals surface area contributed by atoms with Gasteiger partial charge in [-0.2, -0.15) is 0 Å². The van der Waals surface area contributed by atoms with Gasteiger partial charge in [-0.05, 0) is 18.2 Å². The quantitative estimate of drug-likeness (QED) is 0.620. The van der Waals surface area contributed by atoms with Crippen LogP contribution in [0.25, 0.3) is 0 Å². The van der Waals surface area contributed by atoms with Crippen LogP contribution in [0.1, 0.15) is 45.4 Å². The van der Waals surface area contributed by atoms with E-state index in [1.807, 2.05) is 0 Å². The van der Waals surface area contributed by atoms with Gasteiger partial charge < -0.3 is 5.23 Å². The fourth-order valence-electron chi connectivity index (χ4n) is 3.25. The van der Waals surface area contributed by atoms with E-state index < -0.39 is 0 Å². The molecule has 0 aromatic rings. The molecular formula is C10H20BN. The maximum atomic E-state index is 3.69. The van der Waals surface area contributed by atoms with Crippen molar-refractivity contribution in [1.82, 2.24) is 5.23 Å². The summed E-state index contributed by atoms with van der Waals surface area (Å²) in [6, 6.07) is 0. The largest absolute Gasteiger partial charge is 0.356 e. The van der Waals surface area contributed by atoms with Crippen LogP contribution in [-0.4, -0.2) is 13.4 Å². The number of fused-ring (bicyclic) bond motifs is 2. The summed E-state index contributed by atoms with van der Waals surface area (Å²) in [5, 5.41) is 3.69. The van der Waals surface area contributed by atoms with Crippen molar-refractivity contribution in [3.8, 4) is 0 Å². The molecule has 0 saturated carbocycles. The second-order valence-corrected chi connectivity index (χ2v) is 4.47. The first-order valence-corrected chi connectivity index (χ1v) is 5.65. The van der Waals surface area contributed by atoms with Crippen molar-refractivity contribution in [2.75, 3.05) is 6.54 Å². The zero-order chi connectivity index (χ0) is 8.39. The SMILES string of the molecule is CCNB1C2CCCC1CCC2. The summed E-state index contributed by atoms with van der Waals surface area (Å²) in [4.78, 5) is 0. The van der Waals surface area contributed by atoms with Gasteiger partial charge in [0, 0.05) is 0 Å². The minimum atomic E-state index is 0.887. The molecule has 0 aromatic carbocycles. The van der Waals surface area contributed by atoms with Crippen LogP contribution in [0, 0.1) is 0 Å². The number of nitrogens with one attached hydrogen (secondary N) is 1. The summed E-state index contributed by atoms with van der Waals surface area (Å²) in [5.74, 6) is 2.05. The van der Waals surface area contributed by atoms with Crippen molar-refractivity contribution >= 4 is 6.85 Å². The van der Waals surface area contributed by atoms with Crippen molar-refractivity contribution < 1.29 is 0 Å². The molecule has 2 saturated heterocycles. The van der Waals surface area contributed by atoms with E-state index >= 15 is 0 Å². The van der Waals surface area contributed by atoms with Gasteiger partial charge in [0.25, 0.3) is 0 Å². The molecule has 12 heavy (non-hydrogen) atoms. The number of hydrogen-bond acceptors (Lipinski definition) is 1. The first kappa shape index (κ1) is 8.62. The topological polar surface area (TPSA) is 12.0 Å². The summed E-state index contributed by atoms with van der Waals surface area (Å²) in [6.07, 6.45) is 8.97. The van der Waals surface area contributed by atoms with Crippen LogP contribution in [0.15, 0.2) is 0 Å². The molecule has 0 amide bonds. The summed E-state index contributed by atoms with van der Waals surface area (Å²) >= 11 is 0. The molecule has 2 bridgehead atoms. The van der Waals surface area contributed by atoms with Gasteiger partial charge in [-0.25, -0.2) is 0 Å². The second kappa shape index (κ2) is 3.82. The molecule has 1 nitrogen and oxygen atoms in total. The Bertz CT molecular complexity index is 127. The van der Waals surface area contributed by atoms with Crippen molar-refractivity contribution in [3.05, 3.63) is 0 Å². The van der Waals surface area contributed by atoms with Gasteiger partial charge in [-0.15, -0.1) is 0 Å². The van der Waals surface area contributed by atoms with Crippen molar-refractivity contribution in [3.63, 3.8) is 0 Å². The van der Waals surface area contributed by atoms with Crippen LogP contribution < -0.4 is 5.23 Å². The van der Waals surface area contributed by atoms with E-state index in [2.05, 4.69) is 12.2 Å². The molecule has 68 valence electrons. The third-order valence-electron chi connectivity index (χ3n) is 3.76. The number of hydrogen-bond donors (Lipinski definition) is 1. The molecule has 0 aromatic heterocycles. The van der Waals surface area contributed by atoms with Crippen LogP contribution in [0.2, 0.25) is 11.6 Å². The van der Waals surface area contributed by atoms with Gasteiger partial charge in [0.05, 0.1) is 0 Å². The molecule has 2 fully saturated rings. The fourth-order valence-corrected chi connectivity index (χ4v) is 3.25. The maximum Gasteiger partial charge on any atom is 0.226 e. The Morgan fingerprint density at radius 2 is 1.58 bits per heavy atom. The van der Waals surface area contributed by atoms with Gasteiger partial charge in [0.1, 0.15) is 0 Å². The van der Waals surface area contributed by atoms with Crippen LogP contribution >= 0.6 is 0 Å². The smallest absolute Gasteiger partial charge is 0.226 e. The van der Waals surface area contributed by atoms with Gasteiger partial charge in [0.15, 0.2) is 0 Å². The second-order valence-electron chi connectivity index (χ2n) is 4.47. The Kier molecular flexibility index (Phi) is 2.74. The van der Waals surface area contributed by atoms with E-state index in [9.17, 15) is 0 Å². The van der Waals surface area contributed by atoms with Gasteiger partial charge in [0.2, 0.25) is 6.85 Å². The summed E-state index contributed by atoms with van der Waals surface area (Å²) < 4.78 is 0. The Morgan fingerprint density at radius 1 is 1.08 bits per heavy atom. The van der Waals surface area contributed by atoms with E-state index in [0.717, 1.165) is 25.0 Å². The van der Waals surface area contributed by atoms with E-state index in [0.29, 0.717) is 0 Å². The summed E-state index contributed by atoms with van der Waals surface area (Å²) in [6.45, 7) is 4.29. The van der Waals surface area contributed by atoms with Gasteiger partial charge >= 0.3 is 0 Å². The highest BCUT2D eigenvalue weighted by Crippen LogP contribution is 2.44. The fraction of sp³-hybridized carbons (Fsp3) is 1.00. The first-order valence-electron chi connectivity index (χ1n) is 5.65. The van der Waals surface area contributed by atoms with Crippen LogP contribution in [0.3, 0.4) is 0 Å². The van der Waals surface area contributed by atoms with E-state index in [1.165, 1.54) is 38.5 Å². The Morgan fingerprint density at radius 3 is 2.00 bits per heavy atom. The Balaban J connectivity index is 1.98. The molecule has 2 aliphatic heterocycles. The van der Waals surface area contributed by atoms with Crippen molar-refractivity contribution in [1.29, 1.82) is 0 Å². The molecular weight excluding hydrogens is 145 g/mol. The highest BCUT2D eigenvalue weighted by atomic mass is 14.8. The van der Waals surface area contributed by atoms with Crippen molar-refractivity contribution in [2.45, 2.75) is 57.1 Å². The zero-order valence-corrected chi connectivity index (χ0v) is 8.18. The minimum absolute atomic E-state index is 0.887. The van der Waals surface area contributed by atoms with E-state index in [1.54, 1.807) is 0 Å². The van der Waals surface area contributed by atoms with Gasteiger partial charge in [-0.1, -0.05) is 45.4 Å². The normalized spacial score (nSPS) is 35.2. The summed E-state index contributed by atoms with van der Waals surface area (Å²) in [5.41, 5.74) is 0. The molecule has 0 atom stereocenters. The minimum Gasteiger partial charge on any atom is -0.356 e. The predicted molar refractivity (Wildman–Crippen MR) is 54.6 cm³/mol. The Hall–Kier alpha value is 0.0249. The lowest BCUT2D eigenvalue weighted by Crippen LogP contribution is -2.46. The lowest BCUT2D eigenvalue weighted by Gasteiger charge is -2.40. The highest BCUT2D eigenvalue weighted by Gasteiger charge is 2.38. The van der Waals surface area contributed by atoms with Gasteiger partial charge in [-0.3, -0.25) is 0 Å². The van der Waals surface area contributed by atoms with Crippen LogP contribution in [0.5, 0.6) is 0 Å². The lowest BCUT2D eigenvalue weighted by molar-refractivity contribution is 0.435. The van der Waals surface area contributed by atoms with Crippen molar-refractivity contribution in [2.24, 2.45) is 0 Å². The average molecular weight is 165 g/mol. The highest BCUT2D eigenvalue weighted by molar-refractivity contribution is 6.60. The average Bonchev–Trinajstić information content (AvgIpc) is 2.04.